The van der Waals surface area contributed by atoms with E-state index >= 15 is 0 Å². The molecule has 0 saturated heterocycles. The quantitative estimate of drug-likeness (QED) is 0.0481. The van der Waals surface area contributed by atoms with Gasteiger partial charge in [0.15, 0.2) is 0 Å². The van der Waals surface area contributed by atoms with Crippen molar-refractivity contribution in [2.45, 2.75) is 46.0 Å². The van der Waals surface area contributed by atoms with Crippen molar-refractivity contribution in [2.75, 3.05) is 13.2 Å². The molecule has 0 unspecified atom stereocenters. The molecule has 2 aromatic carbocycles. The van der Waals surface area contributed by atoms with Gasteiger partial charge in [0, 0.05) is 23.1 Å². The van der Waals surface area contributed by atoms with E-state index in [1.54, 1.807) is 36.4 Å². The van der Waals surface area contributed by atoms with E-state index in [9.17, 15) is 14.4 Å². The standard InChI is InChI=1S/C20H26O5.C10H10O3.Cu/c1-3-20(23)25-14-8-6-4-5-7-13-24-18-11-9-17(10-12-18)19(22)15-16(2)21;1-7(11)6-10(13)8-2-4-9(12)5-3-8;/h3,9-12,15,21H,1,4-8,13-14H2,2H3;2-6,11-12H,1H3;/p+2/b16-15-;7-6-;. The molecule has 0 atom stereocenters. The summed E-state index contributed by atoms with van der Waals surface area (Å²) in [4.78, 5) is 30.0. The van der Waals surface area contributed by atoms with Crippen LogP contribution in [0.25, 0.3) is 0 Å². The molecule has 0 saturated carbocycles. The zero-order valence-corrected chi connectivity index (χ0v) is 23.2. The van der Waals surface area contributed by atoms with Crippen LogP contribution in [0.4, 0.5) is 0 Å². The Morgan fingerprint density at radius 2 is 1.23 bits per heavy atom. The van der Waals surface area contributed by atoms with Crippen LogP contribution >= 0.6 is 0 Å². The van der Waals surface area contributed by atoms with Gasteiger partial charge in [-0.3, -0.25) is 9.59 Å². The Hall–Kier alpha value is -3.81. The van der Waals surface area contributed by atoms with Crippen molar-refractivity contribution >= 4 is 17.5 Å². The zero-order chi connectivity index (χ0) is 28.3. The number of rotatable bonds is 14. The van der Waals surface area contributed by atoms with E-state index in [0.29, 0.717) is 24.3 Å². The minimum absolute atomic E-state index is 0. The van der Waals surface area contributed by atoms with Gasteiger partial charge in [0.05, 0.1) is 48.0 Å². The molecule has 0 aromatic heterocycles. The van der Waals surface area contributed by atoms with Gasteiger partial charge in [-0.15, -0.1) is 0 Å². The summed E-state index contributed by atoms with van der Waals surface area (Å²) in [6.45, 7) is 7.40. The number of allylic oxidation sites excluding steroid dienone is 4. The topological polar surface area (TPSA) is 139 Å². The predicted molar refractivity (Wildman–Crippen MR) is 149 cm³/mol. The summed E-state index contributed by atoms with van der Waals surface area (Å²) in [5, 5.41) is 27.0. The molecule has 0 aliphatic heterocycles. The Balaban J connectivity index is 0.000000869. The van der Waals surface area contributed by atoms with Crippen LogP contribution in [0.3, 0.4) is 0 Å². The molecule has 0 spiro atoms. The molecule has 0 aliphatic carbocycles. The second kappa shape index (κ2) is 20.2. The number of aromatic hydroxyl groups is 1. The molecule has 0 aliphatic rings. The number of ketones is 2. The van der Waals surface area contributed by atoms with Crippen molar-refractivity contribution < 1.29 is 56.2 Å². The second-order valence-corrected chi connectivity index (χ2v) is 8.40. The largest absolute Gasteiger partial charge is 0.512 e. The second-order valence-electron chi connectivity index (χ2n) is 8.40. The Morgan fingerprint density at radius 1 is 0.795 bits per heavy atom. The third-order valence-electron chi connectivity index (χ3n) is 4.97. The van der Waals surface area contributed by atoms with Gasteiger partial charge in [0.25, 0.3) is 0 Å². The van der Waals surface area contributed by atoms with E-state index in [4.69, 9.17) is 24.8 Å². The molecule has 5 N–H and O–H groups in total. The van der Waals surface area contributed by atoms with Crippen LogP contribution < -0.4 is 4.74 Å². The smallest absolute Gasteiger partial charge is 0.350 e. The molecule has 0 bridgehead atoms. The number of benzene rings is 2. The summed E-state index contributed by atoms with van der Waals surface area (Å²) in [6, 6.07) is 13.1. The monoisotopic (exact) mass is 589 g/mol. The van der Waals surface area contributed by atoms with E-state index in [2.05, 4.69) is 6.58 Å². The van der Waals surface area contributed by atoms with Crippen molar-refractivity contribution in [2.24, 2.45) is 0 Å². The summed E-state index contributed by atoms with van der Waals surface area (Å²) in [5.41, 5.74) is 1.17. The first kappa shape index (κ1) is 35.2. The van der Waals surface area contributed by atoms with Crippen LogP contribution in [0.1, 0.15) is 57.1 Å². The molecule has 215 valence electrons. The van der Waals surface area contributed by atoms with Gasteiger partial charge in [-0.05, 0) is 75.2 Å². The van der Waals surface area contributed by atoms with E-state index in [-0.39, 0.29) is 51.9 Å². The van der Waals surface area contributed by atoms with E-state index in [0.717, 1.165) is 37.9 Å². The summed E-state index contributed by atoms with van der Waals surface area (Å²) < 4.78 is 10.6. The average molecular weight is 590 g/mol. The normalized spacial score (nSPS) is 10.8. The van der Waals surface area contributed by atoms with Gasteiger partial charge in [-0.25, -0.2) is 4.79 Å². The number of phenolic OH excluding ortho intramolecular Hbond substituents is 1. The van der Waals surface area contributed by atoms with E-state index < -0.39 is 0 Å². The van der Waals surface area contributed by atoms with Crippen molar-refractivity contribution in [3.63, 3.8) is 0 Å². The minimum atomic E-state index is -0.368. The van der Waals surface area contributed by atoms with Gasteiger partial charge in [-0.2, -0.15) is 0 Å². The Kier molecular flexibility index (Phi) is 18.2. The number of aliphatic hydroxyl groups is 2. The maximum Gasteiger partial charge on any atom is 0.350 e. The Bertz CT molecular complexity index is 1090. The number of carbonyl (C=O) groups is 1. The van der Waals surface area contributed by atoms with Gasteiger partial charge in [0.1, 0.15) is 11.5 Å². The van der Waals surface area contributed by atoms with Crippen LogP contribution in [0.15, 0.2) is 84.9 Å². The molecule has 2 rings (SSSR count). The molecule has 9 heteroatoms. The van der Waals surface area contributed by atoms with Crippen molar-refractivity contribution in [1.82, 2.24) is 0 Å². The number of hydrogen-bond acceptors (Lipinski definition) is 6. The number of aliphatic hydroxyl groups excluding tert-OH is 2. The minimum Gasteiger partial charge on any atom is -0.512 e. The van der Waals surface area contributed by atoms with Crippen LogP contribution in [-0.4, -0.2) is 55.7 Å². The number of carbonyl (C=O) groups excluding carboxylic acids is 3. The predicted octanol–water partition coefficient (Wildman–Crippen LogP) is 5.84. The van der Waals surface area contributed by atoms with E-state index in [1.165, 1.54) is 44.2 Å². The summed E-state index contributed by atoms with van der Waals surface area (Å²) in [7, 11) is 0. The van der Waals surface area contributed by atoms with Crippen LogP contribution in [0.2, 0.25) is 0 Å². The molecule has 1 radical (unpaired) electrons. The fourth-order valence-corrected chi connectivity index (χ4v) is 3.07. The molecule has 0 heterocycles. The van der Waals surface area contributed by atoms with Gasteiger partial charge >= 0.3 is 17.5 Å². The Labute approximate surface area is 240 Å². The number of unbranched alkanes of at least 4 members (excludes halogenated alkanes) is 4. The third-order valence-corrected chi connectivity index (χ3v) is 4.97. The van der Waals surface area contributed by atoms with Gasteiger partial charge in [-0.1, -0.05) is 25.8 Å². The number of hydrogen-bond donors (Lipinski definition) is 3. The molecule has 0 fully saturated rings. The number of phenols is 1. The van der Waals surface area contributed by atoms with Crippen molar-refractivity contribution in [1.29, 1.82) is 0 Å². The maximum atomic E-state index is 10.8. The molecular formula is C30H38CuO8+2. The van der Waals surface area contributed by atoms with Crippen molar-refractivity contribution in [3.8, 4) is 11.5 Å². The molecular weight excluding hydrogens is 552 g/mol. The SMILES string of the molecule is C/C(O)=C/C(=[OH+])c1ccc(O)cc1.C=CC(=O)OCCCCCCCOc1ccc(C(=[OH+])/C=C(/C)O)cc1.[Cu]. The Morgan fingerprint density at radius 3 is 1.69 bits per heavy atom. The fourth-order valence-electron chi connectivity index (χ4n) is 3.07. The maximum absolute atomic E-state index is 10.8. The molecule has 39 heavy (non-hydrogen) atoms. The summed E-state index contributed by atoms with van der Waals surface area (Å²) in [6.07, 6.45) is 8.69. The third kappa shape index (κ3) is 16.6. The first-order valence-corrected chi connectivity index (χ1v) is 12.3. The van der Waals surface area contributed by atoms with Crippen LogP contribution in [-0.2, 0) is 26.6 Å². The number of esters is 1. The average Bonchev–Trinajstić information content (AvgIpc) is 2.87. The fraction of sp³-hybridized carbons (Fsp3) is 0.300. The van der Waals surface area contributed by atoms with Gasteiger partial charge in [0.2, 0.25) is 0 Å². The molecule has 2 aromatic rings. The molecule has 0 amide bonds. The van der Waals surface area contributed by atoms with E-state index in [1.807, 2.05) is 0 Å². The zero-order valence-electron chi connectivity index (χ0n) is 22.3. The molecule has 8 nitrogen and oxygen atoms in total. The first-order chi connectivity index (χ1) is 18.1. The number of ether oxygens (including phenoxy) is 2. The van der Waals surface area contributed by atoms with Crippen molar-refractivity contribution in [3.05, 3.63) is 96.0 Å². The summed E-state index contributed by atoms with van der Waals surface area (Å²) in [5.74, 6) is 0.597. The van der Waals surface area contributed by atoms with Crippen LogP contribution in [0.5, 0.6) is 11.5 Å². The first-order valence-electron chi connectivity index (χ1n) is 12.3. The summed E-state index contributed by atoms with van der Waals surface area (Å²) >= 11 is 0. The van der Waals surface area contributed by atoms with Crippen LogP contribution in [0, 0.1) is 0 Å². The van der Waals surface area contributed by atoms with Gasteiger partial charge < -0.3 is 24.8 Å².